The smallest absolute Gasteiger partial charge is 0.0208 e. The topological polar surface area (TPSA) is 12.0 Å². The van der Waals surface area contributed by atoms with Crippen LogP contribution >= 0.6 is 0 Å². The van der Waals surface area contributed by atoms with Gasteiger partial charge in [-0.3, -0.25) is 0 Å². The van der Waals surface area contributed by atoms with Gasteiger partial charge in [0.25, 0.3) is 0 Å². The summed E-state index contributed by atoms with van der Waals surface area (Å²) in [6, 6.07) is 9.89. The van der Waals surface area contributed by atoms with Crippen molar-refractivity contribution in [2.24, 2.45) is 5.92 Å². The third-order valence-electron chi connectivity index (χ3n) is 4.98. The maximum atomic E-state index is 3.76. The van der Waals surface area contributed by atoms with E-state index < -0.39 is 0 Å². The molecule has 0 saturated heterocycles. The molecule has 1 atom stereocenters. The van der Waals surface area contributed by atoms with Crippen molar-refractivity contribution < 1.29 is 0 Å². The zero-order chi connectivity index (χ0) is 13.1. The van der Waals surface area contributed by atoms with Crippen molar-refractivity contribution in [3.63, 3.8) is 0 Å². The summed E-state index contributed by atoms with van der Waals surface area (Å²) in [5, 5.41) is 3.76. The van der Waals surface area contributed by atoms with Crippen LogP contribution in [0.15, 0.2) is 24.3 Å². The van der Waals surface area contributed by atoms with Crippen LogP contribution in [-0.2, 0) is 6.54 Å². The van der Waals surface area contributed by atoms with Gasteiger partial charge in [0.2, 0.25) is 0 Å². The monoisotopic (exact) mass is 257 g/mol. The number of benzene rings is 1. The SMILES string of the molecule is C[C@@H](NCc1cccc(C2CC2)c1)C1CCCCC1. The fourth-order valence-corrected chi connectivity index (χ4v) is 3.45. The molecule has 0 amide bonds. The van der Waals surface area contributed by atoms with Crippen molar-refractivity contribution in [2.75, 3.05) is 0 Å². The molecule has 3 rings (SSSR count). The number of hydrogen-bond acceptors (Lipinski definition) is 1. The summed E-state index contributed by atoms with van der Waals surface area (Å²) in [6.45, 7) is 3.42. The summed E-state index contributed by atoms with van der Waals surface area (Å²) in [7, 11) is 0. The predicted octanol–water partition coefficient (Wildman–Crippen LogP) is 4.62. The molecule has 1 N–H and O–H groups in total. The average Bonchev–Trinajstić information content (AvgIpc) is 3.31. The van der Waals surface area contributed by atoms with E-state index in [1.807, 2.05) is 0 Å². The molecule has 0 heterocycles. The Bertz CT molecular complexity index is 402. The summed E-state index contributed by atoms with van der Waals surface area (Å²) in [5.74, 6) is 1.77. The molecular weight excluding hydrogens is 230 g/mol. The molecule has 1 nitrogen and oxygen atoms in total. The van der Waals surface area contributed by atoms with Gasteiger partial charge in [-0.2, -0.15) is 0 Å². The highest BCUT2D eigenvalue weighted by molar-refractivity contribution is 5.29. The second-order valence-electron chi connectivity index (χ2n) is 6.59. The molecule has 19 heavy (non-hydrogen) atoms. The van der Waals surface area contributed by atoms with E-state index in [2.05, 4.69) is 36.5 Å². The van der Waals surface area contributed by atoms with Crippen LogP contribution in [-0.4, -0.2) is 6.04 Å². The van der Waals surface area contributed by atoms with E-state index in [9.17, 15) is 0 Å². The first-order valence-corrected chi connectivity index (χ1v) is 8.15. The predicted molar refractivity (Wildman–Crippen MR) is 81.3 cm³/mol. The molecule has 1 heteroatoms. The van der Waals surface area contributed by atoms with Gasteiger partial charge in [0.1, 0.15) is 0 Å². The molecular formula is C18H27N. The van der Waals surface area contributed by atoms with Crippen LogP contribution in [0.5, 0.6) is 0 Å². The van der Waals surface area contributed by atoms with E-state index in [0.29, 0.717) is 6.04 Å². The van der Waals surface area contributed by atoms with E-state index in [-0.39, 0.29) is 0 Å². The summed E-state index contributed by atoms with van der Waals surface area (Å²) < 4.78 is 0. The number of nitrogens with one attached hydrogen (secondary N) is 1. The molecule has 2 aliphatic rings. The Hall–Kier alpha value is -0.820. The van der Waals surface area contributed by atoms with Gasteiger partial charge < -0.3 is 5.32 Å². The highest BCUT2D eigenvalue weighted by Crippen LogP contribution is 2.40. The fourth-order valence-electron chi connectivity index (χ4n) is 3.45. The molecule has 2 aliphatic carbocycles. The zero-order valence-electron chi connectivity index (χ0n) is 12.2. The standard InChI is InChI=1S/C18H27N/c1-14(16-7-3-2-4-8-16)19-13-15-6-5-9-18(12-15)17-10-11-17/h5-6,9,12,14,16-17,19H,2-4,7-8,10-11,13H2,1H3/t14-/m1/s1. The third kappa shape index (κ3) is 3.60. The van der Waals surface area contributed by atoms with E-state index in [0.717, 1.165) is 18.4 Å². The lowest BCUT2D eigenvalue weighted by Crippen LogP contribution is -2.34. The first kappa shape index (κ1) is 13.2. The molecule has 1 aromatic rings. The minimum Gasteiger partial charge on any atom is -0.310 e. The Labute approximate surface area is 117 Å². The Balaban J connectivity index is 1.51. The van der Waals surface area contributed by atoms with Crippen molar-refractivity contribution in [2.45, 2.75) is 70.4 Å². The molecule has 0 bridgehead atoms. The summed E-state index contributed by atoms with van der Waals surface area (Å²) in [4.78, 5) is 0. The molecule has 2 saturated carbocycles. The maximum absolute atomic E-state index is 3.76. The van der Waals surface area contributed by atoms with Crippen molar-refractivity contribution in [1.82, 2.24) is 5.32 Å². The van der Waals surface area contributed by atoms with Crippen LogP contribution in [0.3, 0.4) is 0 Å². The molecule has 2 fully saturated rings. The summed E-state index contributed by atoms with van der Waals surface area (Å²) in [5.41, 5.74) is 3.02. The Morgan fingerprint density at radius 1 is 1.11 bits per heavy atom. The van der Waals surface area contributed by atoms with Crippen LogP contribution in [0.25, 0.3) is 0 Å². The van der Waals surface area contributed by atoms with Crippen LogP contribution in [0.1, 0.15) is 68.9 Å². The van der Waals surface area contributed by atoms with Crippen LogP contribution < -0.4 is 5.32 Å². The molecule has 104 valence electrons. The van der Waals surface area contributed by atoms with Crippen molar-refractivity contribution in [3.8, 4) is 0 Å². The van der Waals surface area contributed by atoms with Gasteiger partial charge in [-0.1, -0.05) is 43.5 Å². The summed E-state index contributed by atoms with van der Waals surface area (Å²) in [6.07, 6.45) is 9.98. The van der Waals surface area contributed by atoms with Crippen molar-refractivity contribution in [3.05, 3.63) is 35.4 Å². The molecule has 0 aromatic heterocycles. The van der Waals surface area contributed by atoms with E-state index in [4.69, 9.17) is 0 Å². The second-order valence-corrected chi connectivity index (χ2v) is 6.59. The Morgan fingerprint density at radius 3 is 2.63 bits per heavy atom. The third-order valence-corrected chi connectivity index (χ3v) is 4.98. The minimum atomic E-state index is 0.671. The van der Waals surface area contributed by atoms with Crippen LogP contribution in [0.4, 0.5) is 0 Å². The van der Waals surface area contributed by atoms with Gasteiger partial charge in [0.15, 0.2) is 0 Å². The second kappa shape index (κ2) is 6.09. The first-order valence-electron chi connectivity index (χ1n) is 8.15. The van der Waals surface area contributed by atoms with Gasteiger partial charge >= 0.3 is 0 Å². The Morgan fingerprint density at radius 2 is 1.89 bits per heavy atom. The van der Waals surface area contributed by atoms with Gasteiger partial charge in [-0.05, 0) is 55.6 Å². The molecule has 0 radical (unpaired) electrons. The quantitative estimate of drug-likeness (QED) is 0.811. The normalized spacial score (nSPS) is 22.4. The largest absolute Gasteiger partial charge is 0.310 e. The van der Waals surface area contributed by atoms with Crippen LogP contribution in [0.2, 0.25) is 0 Å². The van der Waals surface area contributed by atoms with Crippen molar-refractivity contribution >= 4 is 0 Å². The Kier molecular flexibility index (Phi) is 4.22. The minimum absolute atomic E-state index is 0.671. The molecule has 0 spiro atoms. The highest BCUT2D eigenvalue weighted by atomic mass is 14.9. The lowest BCUT2D eigenvalue weighted by molar-refractivity contribution is 0.280. The summed E-state index contributed by atoms with van der Waals surface area (Å²) >= 11 is 0. The lowest BCUT2D eigenvalue weighted by atomic mass is 9.84. The molecule has 0 unspecified atom stereocenters. The van der Waals surface area contributed by atoms with Gasteiger partial charge in [0.05, 0.1) is 0 Å². The molecule has 0 aliphatic heterocycles. The average molecular weight is 257 g/mol. The zero-order valence-corrected chi connectivity index (χ0v) is 12.2. The van der Waals surface area contributed by atoms with E-state index in [1.54, 1.807) is 5.56 Å². The van der Waals surface area contributed by atoms with Crippen molar-refractivity contribution in [1.29, 1.82) is 0 Å². The number of hydrogen-bond donors (Lipinski definition) is 1. The first-order chi connectivity index (χ1) is 9.33. The highest BCUT2D eigenvalue weighted by Gasteiger charge is 2.23. The van der Waals surface area contributed by atoms with Crippen LogP contribution in [0, 0.1) is 5.92 Å². The fraction of sp³-hybridized carbons (Fsp3) is 0.667. The number of rotatable bonds is 5. The van der Waals surface area contributed by atoms with Gasteiger partial charge in [0, 0.05) is 12.6 Å². The van der Waals surface area contributed by atoms with E-state index >= 15 is 0 Å². The lowest BCUT2D eigenvalue weighted by Gasteiger charge is -2.28. The van der Waals surface area contributed by atoms with E-state index in [1.165, 1.54) is 50.5 Å². The van der Waals surface area contributed by atoms with Gasteiger partial charge in [-0.15, -0.1) is 0 Å². The molecule has 1 aromatic carbocycles. The maximum Gasteiger partial charge on any atom is 0.0208 e. The van der Waals surface area contributed by atoms with Gasteiger partial charge in [-0.25, -0.2) is 0 Å².